The van der Waals surface area contributed by atoms with Crippen LogP contribution in [0.3, 0.4) is 0 Å². The van der Waals surface area contributed by atoms with E-state index in [0.29, 0.717) is 0 Å². The Labute approximate surface area is 130 Å². The van der Waals surface area contributed by atoms with Gasteiger partial charge in [0.05, 0.1) is 7.11 Å². The Kier molecular flexibility index (Phi) is 3.83. The normalized spacial score (nSPS) is 10.5. The summed E-state index contributed by atoms with van der Waals surface area (Å²) in [5.74, 6) is 1.60. The standard InChI is InChI=1S/C18H18N2O2/c1-20(2)15-8-4-14(5-9-15)18-17(19-12-22-18)13-6-10-16(21-3)11-7-13/h4-12H,1-3H3. The first kappa shape index (κ1) is 14.2. The SMILES string of the molecule is COc1ccc(-c2ncoc2-c2ccc(N(C)C)cc2)cc1. The van der Waals surface area contributed by atoms with Gasteiger partial charge in [-0.15, -0.1) is 0 Å². The van der Waals surface area contributed by atoms with Gasteiger partial charge in [0.15, 0.2) is 12.2 Å². The highest BCUT2D eigenvalue weighted by Gasteiger charge is 2.13. The number of hydrogen-bond acceptors (Lipinski definition) is 4. The number of nitrogens with zero attached hydrogens (tertiary/aromatic N) is 2. The number of rotatable bonds is 4. The predicted octanol–water partition coefficient (Wildman–Crippen LogP) is 4.08. The molecule has 4 nitrogen and oxygen atoms in total. The first-order valence-corrected chi connectivity index (χ1v) is 7.04. The summed E-state index contributed by atoms with van der Waals surface area (Å²) in [6.07, 6.45) is 1.48. The Hall–Kier alpha value is -2.75. The van der Waals surface area contributed by atoms with E-state index in [1.807, 2.05) is 50.5 Å². The highest BCUT2D eigenvalue weighted by Crippen LogP contribution is 2.32. The van der Waals surface area contributed by atoms with Crippen LogP contribution in [0, 0.1) is 0 Å². The Morgan fingerprint density at radius 2 is 1.55 bits per heavy atom. The van der Waals surface area contributed by atoms with E-state index in [-0.39, 0.29) is 0 Å². The third-order valence-electron chi connectivity index (χ3n) is 3.58. The predicted molar refractivity (Wildman–Crippen MR) is 88.3 cm³/mol. The third-order valence-corrected chi connectivity index (χ3v) is 3.58. The second-order valence-corrected chi connectivity index (χ2v) is 5.20. The third kappa shape index (κ3) is 2.68. The van der Waals surface area contributed by atoms with Crippen LogP contribution in [0.25, 0.3) is 22.6 Å². The molecular weight excluding hydrogens is 276 g/mol. The number of hydrogen-bond donors (Lipinski definition) is 0. The Balaban J connectivity index is 1.97. The average Bonchev–Trinajstić information content (AvgIpc) is 3.04. The Morgan fingerprint density at radius 3 is 2.14 bits per heavy atom. The van der Waals surface area contributed by atoms with E-state index in [2.05, 4.69) is 22.0 Å². The van der Waals surface area contributed by atoms with Crippen molar-refractivity contribution in [1.82, 2.24) is 4.98 Å². The number of oxazole rings is 1. The van der Waals surface area contributed by atoms with Crippen LogP contribution in [0.1, 0.15) is 0 Å². The quantitative estimate of drug-likeness (QED) is 0.726. The maximum Gasteiger partial charge on any atom is 0.182 e. The summed E-state index contributed by atoms with van der Waals surface area (Å²) in [6, 6.07) is 16.0. The van der Waals surface area contributed by atoms with E-state index < -0.39 is 0 Å². The van der Waals surface area contributed by atoms with Crippen molar-refractivity contribution in [2.45, 2.75) is 0 Å². The van der Waals surface area contributed by atoms with Crippen molar-refractivity contribution in [3.63, 3.8) is 0 Å². The van der Waals surface area contributed by atoms with Crippen LogP contribution < -0.4 is 9.64 Å². The molecule has 0 aliphatic heterocycles. The van der Waals surface area contributed by atoms with E-state index >= 15 is 0 Å². The lowest BCUT2D eigenvalue weighted by molar-refractivity contribution is 0.415. The minimum Gasteiger partial charge on any atom is -0.497 e. The highest BCUT2D eigenvalue weighted by molar-refractivity contribution is 5.77. The fourth-order valence-corrected chi connectivity index (χ4v) is 2.32. The molecule has 0 radical (unpaired) electrons. The van der Waals surface area contributed by atoms with E-state index in [1.165, 1.54) is 6.39 Å². The zero-order chi connectivity index (χ0) is 15.5. The fraction of sp³-hybridized carbons (Fsp3) is 0.167. The maximum atomic E-state index is 5.61. The van der Waals surface area contributed by atoms with Gasteiger partial charge in [0, 0.05) is 30.9 Å². The van der Waals surface area contributed by atoms with Gasteiger partial charge < -0.3 is 14.1 Å². The monoisotopic (exact) mass is 294 g/mol. The summed E-state index contributed by atoms with van der Waals surface area (Å²) in [6.45, 7) is 0. The van der Waals surface area contributed by atoms with Gasteiger partial charge >= 0.3 is 0 Å². The molecule has 4 heteroatoms. The molecule has 0 atom stereocenters. The topological polar surface area (TPSA) is 38.5 Å². The van der Waals surface area contributed by atoms with Crippen molar-refractivity contribution in [3.05, 3.63) is 54.9 Å². The molecular formula is C18H18N2O2. The van der Waals surface area contributed by atoms with Crippen molar-refractivity contribution in [2.24, 2.45) is 0 Å². The second-order valence-electron chi connectivity index (χ2n) is 5.20. The van der Waals surface area contributed by atoms with E-state index in [0.717, 1.165) is 34.0 Å². The lowest BCUT2D eigenvalue weighted by Crippen LogP contribution is -2.07. The molecule has 1 aromatic heterocycles. The molecule has 0 aliphatic rings. The maximum absolute atomic E-state index is 5.61. The number of methoxy groups -OCH3 is 1. The number of benzene rings is 2. The molecule has 2 aromatic carbocycles. The molecule has 112 valence electrons. The van der Waals surface area contributed by atoms with Crippen molar-refractivity contribution in [2.75, 3.05) is 26.1 Å². The van der Waals surface area contributed by atoms with Gasteiger partial charge in [-0.25, -0.2) is 4.98 Å². The molecule has 3 rings (SSSR count). The minimum absolute atomic E-state index is 0.774. The summed E-state index contributed by atoms with van der Waals surface area (Å²) in [5, 5.41) is 0. The van der Waals surface area contributed by atoms with Gasteiger partial charge in [-0.3, -0.25) is 0 Å². The second kappa shape index (κ2) is 5.93. The average molecular weight is 294 g/mol. The smallest absolute Gasteiger partial charge is 0.182 e. The van der Waals surface area contributed by atoms with Crippen molar-refractivity contribution in [1.29, 1.82) is 0 Å². The zero-order valence-corrected chi connectivity index (χ0v) is 12.9. The van der Waals surface area contributed by atoms with E-state index in [1.54, 1.807) is 7.11 Å². The van der Waals surface area contributed by atoms with Crippen LogP contribution in [-0.2, 0) is 0 Å². The summed E-state index contributed by atoms with van der Waals surface area (Å²) >= 11 is 0. The summed E-state index contributed by atoms with van der Waals surface area (Å²) in [4.78, 5) is 6.42. The molecule has 1 heterocycles. The molecule has 0 bridgehead atoms. The van der Waals surface area contributed by atoms with Crippen LogP contribution in [0.15, 0.2) is 59.3 Å². The summed E-state index contributed by atoms with van der Waals surface area (Å²) in [5.41, 5.74) is 3.99. The fourth-order valence-electron chi connectivity index (χ4n) is 2.32. The number of aromatic nitrogens is 1. The molecule has 22 heavy (non-hydrogen) atoms. The van der Waals surface area contributed by atoms with Gasteiger partial charge in [0.25, 0.3) is 0 Å². The van der Waals surface area contributed by atoms with Crippen molar-refractivity contribution in [3.8, 4) is 28.3 Å². The number of ether oxygens (including phenoxy) is 1. The molecule has 0 N–H and O–H groups in total. The molecule has 0 unspecified atom stereocenters. The van der Waals surface area contributed by atoms with Gasteiger partial charge in [-0.1, -0.05) is 0 Å². The number of anilines is 1. The van der Waals surface area contributed by atoms with Crippen molar-refractivity contribution < 1.29 is 9.15 Å². The Bertz CT molecular complexity index is 744. The molecule has 3 aromatic rings. The van der Waals surface area contributed by atoms with Crippen LogP contribution in [0.4, 0.5) is 5.69 Å². The van der Waals surface area contributed by atoms with Crippen LogP contribution >= 0.6 is 0 Å². The molecule has 0 saturated carbocycles. The molecule has 0 spiro atoms. The minimum atomic E-state index is 0.774. The molecule has 0 fully saturated rings. The molecule has 0 amide bonds. The summed E-state index contributed by atoms with van der Waals surface area (Å²) in [7, 11) is 5.70. The highest BCUT2D eigenvalue weighted by atomic mass is 16.5. The first-order chi connectivity index (χ1) is 10.7. The first-order valence-electron chi connectivity index (χ1n) is 7.04. The lowest BCUT2D eigenvalue weighted by Gasteiger charge is -2.12. The molecule has 0 aliphatic carbocycles. The largest absolute Gasteiger partial charge is 0.497 e. The van der Waals surface area contributed by atoms with E-state index in [9.17, 15) is 0 Å². The Morgan fingerprint density at radius 1 is 0.909 bits per heavy atom. The van der Waals surface area contributed by atoms with Gasteiger partial charge in [0.2, 0.25) is 0 Å². The van der Waals surface area contributed by atoms with E-state index in [4.69, 9.17) is 9.15 Å². The summed E-state index contributed by atoms with van der Waals surface area (Å²) < 4.78 is 10.8. The zero-order valence-electron chi connectivity index (χ0n) is 12.9. The van der Waals surface area contributed by atoms with Crippen LogP contribution in [0.5, 0.6) is 5.75 Å². The van der Waals surface area contributed by atoms with Gasteiger partial charge in [-0.2, -0.15) is 0 Å². The van der Waals surface area contributed by atoms with Crippen molar-refractivity contribution >= 4 is 5.69 Å². The van der Waals surface area contributed by atoms with Gasteiger partial charge in [-0.05, 0) is 48.5 Å². The lowest BCUT2D eigenvalue weighted by atomic mass is 10.1. The molecule has 0 saturated heterocycles. The van der Waals surface area contributed by atoms with Crippen LogP contribution in [0.2, 0.25) is 0 Å². The van der Waals surface area contributed by atoms with Gasteiger partial charge in [0.1, 0.15) is 11.4 Å². The van der Waals surface area contributed by atoms with Crippen LogP contribution in [-0.4, -0.2) is 26.2 Å².